The van der Waals surface area contributed by atoms with Crippen LogP contribution >= 0.6 is 45.2 Å². The van der Waals surface area contributed by atoms with Gasteiger partial charge < -0.3 is 9.47 Å². The van der Waals surface area contributed by atoms with E-state index in [1.165, 1.54) is 5.57 Å². The fourth-order valence-electron chi connectivity index (χ4n) is 0.589. The Hall–Kier alpha value is 0.960. The van der Waals surface area contributed by atoms with Crippen molar-refractivity contribution in [2.75, 3.05) is 6.61 Å². The lowest BCUT2D eigenvalue weighted by Gasteiger charge is -2.28. The minimum atomic E-state index is -0.487. The van der Waals surface area contributed by atoms with Crippen LogP contribution < -0.4 is 0 Å². The highest BCUT2D eigenvalue weighted by Gasteiger charge is 2.29. The van der Waals surface area contributed by atoms with Crippen molar-refractivity contribution in [3.63, 3.8) is 0 Å². The fraction of sp³-hybridized carbons (Fsp3) is 0.667. The summed E-state index contributed by atoms with van der Waals surface area (Å²) in [5.74, 6) is 0.982. The van der Waals surface area contributed by atoms with Gasteiger partial charge in [0.25, 0.3) is 0 Å². The summed E-state index contributed by atoms with van der Waals surface area (Å²) < 4.78 is 10.3. The molecule has 0 saturated carbocycles. The highest BCUT2D eigenvalue weighted by Crippen LogP contribution is 2.37. The zero-order chi connectivity index (χ0) is 7.78. The Bertz CT molecular complexity index is 175. The molecule has 1 aliphatic rings. The molecule has 0 unspecified atom stereocenters. The van der Waals surface area contributed by atoms with Gasteiger partial charge in [0.1, 0.15) is 0 Å². The van der Waals surface area contributed by atoms with Gasteiger partial charge in [0.05, 0.1) is 12.4 Å². The van der Waals surface area contributed by atoms with Crippen LogP contribution in [-0.4, -0.2) is 8.41 Å². The molecule has 1 rings (SSSR count). The summed E-state index contributed by atoms with van der Waals surface area (Å²) in [6.07, 6.45) is 0. The molecule has 0 radical (unpaired) electrons. The SMILES string of the molecule is CC1=C(C)OC(I)(I)OC1. The predicted molar refractivity (Wildman–Crippen MR) is 56.2 cm³/mol. The highest BCUT2D eigenvalue weighted by atomic mass is 127. The molecule has 0 N–H and O–H groups in total. The van der Waals surface area contributed by atoms with Gasteiger partial charge in [-0.3, -0.25) is 0 Å². The number of alkyl halides is 2. The van der Waals surface area contributed by atoms with Crippen LogP contribution in [0.4, 0.5) is 0 Å². The Morgan fingerprint density at radius 1 is 1.40 bits per heavy atom. The first-order valence-corrected chi connectivity index (χ1v) is 5.04. The monoisotopic (exact) mass is 366 g/mol. The van der Waals surface area contributed by atoms with Crippen LogP contribution in [0.15, 0.2) is 11.3 Å². The van der Waals surface area contributed by atoms with Gasteiger partial charge >= 0.3 is 1.80 Å². The molecule has 2 nitrogen and oxygen atoms in total. The van der Waals surface area contributed by atoms with E-state index in [9.17, 15) is 0 Å². The van der Waals surface area contributed by atoms with Gasteiger partial charge in [-0.05, 0) is 19.4 Å². The maximum atomic E-state index is 5.42. The summed E-state index contributed by atoms with van der Waals surface area (Å²) in [6.45, 7) is 4.65. The van der Waals surface area contributed by atoms with Gasteiger partial charge in [0, 0.05) is 45.2 Å². The van der Waals surface area contributed by atoms with E-state index in [1.807, 2.05) is 13.8 Å². The third-order valence-corrected chi connectivity index (χ3v) is 2.39. The Morgan fingerprint density at radius 2 is 2.00 bits per heavy atom. The third-order valence-electron chi connectivity index (χ3n) is 1.33. The van der Waals surface area contributed by atoms with Gasteiger partial charge in [-0.1, -0.05) is 0 Å². The zero-order valence-corrected chi connectivity index (χ0v) is 10.1. The second-order valence-electron chi connectivity index (χ2n) is 2.19. The number of hydrogen-bond acceptors (Lipinski definition) is 2. The van der Waals surface area contributed by atoms with Crippen LogP contribution in [0.1, 0.15) is 13.8 Å². The normalized spacial score (nSPS) is 24.4. The number of rotatable bonds is 0. The molecule has 0 atom stereocenters. The average molecular weight is 366 g/mol. The maximum Gasteiger partial charge on any atom is 0.314 e. The van der Waals surface area contributed by atoms with Gasteiger partial charge in [-0.2, -0.15) is 0 Å². The molecule has 0 bridgehead atoms. The Morgan fingerprint density at radius 3 is 2.40 bits per heavy atom. The van der Waals surface area contributed by atoms with E-state index in [0.29, 0.717) is 6.61 Å². The first kappa shape index (κ1) is 9.05. The number of ether oxygens (including phenoxy) is 2. The van der Waals surface area contributed by atoms with E-state index in [2.05, 4.69) is 45.2 Å². The molecule has 4 heteroatoms. The Labute approximate surface area is 87.6 Å². The minimum absolute atomic E-state index is 0.487. The summed E-state index contributed by atoms with van der Waals surface area (Å²) in [5.41, 5.74) is 1.17. The molecule has 10 heavy (non-hydrogen) atoms. The van der Waals surface area contributed by atoms with Crippen molar-refractivity contribution < 1.29 is 9.47 Å². The van der Waals surface area contributed by atoms with E-state index >= 15 is 0 Å². The van der Waals surface area contributed by atoms with E-state index in [4.69, 9.17) is 9.47 Å². The van der Waals surface area contributed by atoms with Crippen molar-refractivity contribution in [2.45, 2.75) is 15.6 Å². The van der Waals surface area contributed by atoms with Crippen molar-refractivity contribution in [1.82, 2.24) is 0 Å². The number of hydrogen-bond donors (Lipinski definition) is 0. The van der Waals surface area contributed by atoms with Crippen LogP contribution in [0.3, 0.4) is 0 Å². The van der Waals surface area contributed by atoms with Crippen LogP contribution in [0, 0.1) is 0 Å². The standard InChI is InChI=1S/C6H8I2O2/c1-4-3-9-6(7,8)10-5(4)2/h3H2,1-2H3. The molecular formula is C6H8I2O2. The number of allylic oxidation sites excluding steroid dienone is 1. The second kappa shape index (κ2) is 3.14. The smallest absolute Gasteiger partial charge is 0.314 e. The lowest BCUT2D eigenvalue weighted by molar-refractivity contribution is -0.0650. The first-order valence-electron chi connectivity index (χ1n) is 2.88. The largest absolute Gasteiger partial charge is 0.450 e. The molecule has 1 heterocycles. The summed E-state index contributed by atoms with van der Waals surface area (Å²) in [6, 6.07) is 0. The van der Waals surface area contributed by atoms with Crippen LogP contribution in [0.5, 0.6) is 0 Å². The van der Waals surface area contributed by atoms with Gasteiger partial charge in [0.2, 0.25) is 0 Å². The van der Waals surface area contributed by atoms with E-state index in [0.717, 1.165) is 5.76 Å². The lowest BCUT2D eigenvalue weighted by atomic mass is 10.3. The quantitative estimate of drug-likeness (QED) is 0.485. The predicted octanol–water partition coefficient (Wildman–Crippen LogP) is 2.81. The highest BCUT2D eigenvalue weighted by molar-refractivity contribution is 14.2. The third kappa shape index (κ3) is 2.23. The molecule has 0 saturated heterocycles. The molecule has 58 valence electrons. The summed E-state index contributed by atoms with van der Waals surface area (Å²) in [7, 11) is 0. The van der Waals surface area contributed by atoms with Crippen molar-refractivity contribution in [2.24, 2.45) is 0 Å². The topological polar surface area (TPSA) is 18.5 Å². The second-order valence-corrected chi connectivity index (χ2v) is 7.10. The molecule has 0 aliphatic carbocycles. The van der Waals surface area contributed by atoms with Gasteiger partial charge in [-0.15, -0.1) is 0 Å². The molecule has 0 fully saturated rings. The molecule has 0 spiro atoms. The van der Waals surface area contributed by atoms with Crippen molar-refractivity contribution in [1.29, 1.82) is 0 Å². The fourth-order valence-corrected chi connectivity index (χ4v) is 1.56. The zero-order valence-electron chi connectivity index (χ0n) is 5.78. The van der Waals surface area contributed by atoms with Crippen LogP contribution in [-0.2, 0) is 9.47 Å². The lowest BCUT2D eigenvalue weighted by Crippen LogP contribution is -2.26. The van der Waals surface area contributed by atoms with Crippen molar-refractivity contribution >= 4 is 45.2 Å². The van der Waals surface area contributed by atoms with Crippen molar-refractivity contribution in [3.05, 3.63) is 11.3 Å². The number of halogens is 2. The molecular weight excluding hydrogens is 358 g/mol. The average Bonchev–Trinajstić information content (AvgIpc) is 1.79. The minimum Gasteiger partial charge on any atom is -0.450 e. The molecule has 1 aliphatic heterocycles. The summed E-state index contributed by atoms with van der Waals surface area (Å²) >= 11 is 4.25. The maximum absolute atomic E-state index is 5.42. The van der Waals surface area contributed by atoms with Crippen LogP contribution in [0.25, 0.3) is 0 Å². The molecule has 0 aromatic carbocycles. The molecule has 0 aromatic heterocycles. The van der Waals surface area contributed by atoms with E-state index < -0.39 is 1.80 Å². The van der Waals surface area contributed by atoms with Crippen molar-refractivity contribution in [3.8, 4) is 0 Å². The van der Waals surface area contributed by atoms with Gasteiger partial charge in [0.15, 0.2) is 0 Å². The first-order chi connectivity index (χ1) is 4.51. The van der Waals surface area contributed by atoms with Crippen LogP contribution in [0.2, 0.25) is 0 Å². The Kier molecular flexibility index (Phi) is 2.84. The Balaban J connectivity index is 2.72. The summed E-state index contributed by atoms with van der Waals surface area (Å²) in [4.78, 5) is 0. The van der Waals surface area contributed by atoms with E-state index in [-0.39, 0.29) is 0 Å². The molecule has 0 amide bonds. The van der Waals surface area contributed by atoms with Gasteiger partial charge in [-0.25, -0.2) is 0 Å². The molecule has 0 aromatic rings. The summed E-state index contributed by atoms with van der Waals surface area (Å²) in [5, 5.41) is 0. The van der Waals surface area contributed by atoms with E-state index in [1.54, 1.807) is 0 Å².